The Balaban J connectivity index is 2.01. The van der Waals surface area contributed by atoms with Crippen molar-refractivity contribution in [1.82, 2.24) is 9.88 Å². The highest BCUT2D eigenvalue weighted by atomic mass is 32.1. The number of rotatable bonds is 7. The van der Waals surface area contributed by atoms with Crippen molar-refractivity contribution in [3.8, 4) is 10.6 Å². The van der Waals surface area contributed by atoms with E-state index in [9.17, 15) is 4.79 Å². The molecule has 0 aliphatic carbocycles. The molecule has 0 amide bonds. The molecule has 0 bridgehead atoms. The number of ether oxygens (including phenoxy) is 1. The predicted octanol–water partition coefficient (Wildman–Crippen LogP) is 3.26. The number of carbonyl (C=O) groups excluding carboxylic acids is 1. The molecule has 0 radical (unpaired) electrons. The number of nitrogens with zero attached hydrogens (tertiary/aromatic N) is 2. The maximum absolute atomic E-state index is 11.4. The summed E-state index contributed by atoms with van der Waals surface area (Å²) in [5, 5.41) is 7.25. The Morgan fingerprint density at radius 1 is 1.45 bits per heavy atom. The standard InChI is InChI=1S/C14H18N2O2S2/c1-3-5-16(8-13(17)18-2)7-12-10-20-14(15-12)11-4-6-19-9-11/h4,6,9-10H,3,5,7-8H2,1-2H3. The van der Waals surface area contributed by atoms with Gasteiger partial charge in [-0.3, -0.25) is 9.69 Å². The Morgan fingerprint density at radius 3 is 2.95 bits per heavy atom. The molecule has 2 aromatic rings. The van der Waals surface area contributed by atoms with Crippen molar-refractivity contribution in [1.29, 1.82) is 0 Å². The van der Waals surface area contributed by atoms with Gasteiger partial charge in [0.15, 0.2) is 0 Å². The van der Waals surface area contributed by atoms with Crippen LogP contribution in [-0.4, -0.2) is 36.1 Å². The Labute approximate surface area is 127 Å². The molecule has 0 unspecified atom stereocenters. The van der Waals surface area contributed by atoms with Gasteiger partial charge in [-0.05, 0) is 24.4 Å². The van der Waals surface area contributed by atoms with Crippen LogP contribution < -0.4 is 0 Å². The molecular weight excluding hydrogens is 292 g/mol. The first-order valence-electron chi connectivity index (χ1n) is 6.49. The third-order valence-electron chi connectivity index (χ3n) is 2.83. The molecule has 2 rings (SSSR count). The van der Waals surface area contributed by atoms with E-state index in [0.717, 1.165) is 23.7 Å². The van der Waals surface area contributed by atoms with Gasteiger partial charge in [-0.25, -0.2) is 4.98 Å². The molecule has 0 aliphatic rings. The van der Waals surface area contributed by atoms with E-state index in [-0.39, 0.29) is 5.97 Å². The SMILES string of the molecule is CCCN(CC(=O)OC)Cc1csc(-c2ccsc2)n1. The molecule has 0 fully saturated rings. The molecule has 2 heterocycles. The van der Waals surface area contributed by atoms with Crippen LogP contribution in [-0.2, 0) is 16.1 Å². The Hall–Kier alpha value is -1.24. The maximum atomic E-state index is 11.4. The van der Waals surface area contributed by atoms with Crippen LogP contribution in [0.5, 0.6) is 0 Å². The number of aromatic nitrogens is 1. The first-order valence-corrected chi connectivity index (χ1v) is 8.31. The summed E-state index contributed by atoms with van der Waals surface area (Å²) in [7, 11) is 1.42. The average Bonchev–Trinajstić information content (AvgIpc) is 3.08. The van der Waals surface area contributed by atoms with Gasteiger partial charge in [0.1, 0.15) is 5.01 Å². The fourth-order valence-electron chi connectivity index (χ4n) is 1.90. The van der Waals surface area contributed by atoms with Gasteiger partial charge in [-0.1, -0.05) is 6.92 Å². The highest BCUT2D eigenvalue weighted by molar-refractivity contribution is 7.14. The Morgan fingerprint density at radius 2 is 2.30 bits per heavy atom. The summed E-state index contributed by atoms with van der Waals surface area (Å²) in [6.07, 6.45) is 0.999. The third kappa shape index (κ3) is 4.13. The number of carbonyl (C=O) groups is 1. The van der Waals surface area contributed by atoms with Crippen molar-refractivity contribution in [3.63, 3.8) is 0 Å². The molecule has 0 aliphatic heterocycles. The van der Waals surface area contributed by atoms with Gasteiger partial charge in [-0.15, -0.1) is 11.3 Å². The summed E-state index contributed by atoms with van der Waals surface area (Å²) in [6, 6.07) is 2.07. The summed E-state index contributed by atoms with van der Waals surface area (Å²) in [5.41, 5.74) is 2.18. The van der Waals surface area contributed by atoms with Crippen LogP contribution in [0.2, 0.25) is 0 Å². The van der Waals surface area contributed by atoms with Crippen LogP contribution in [0.3, 0.4) is 0 Å². The van der Waals surface area contributed by atoms with Crippen molar-refractivity contribution < 1.29 is 9.53 Å². The fourth-order valence-corrected chi connectivity index (χ4v) is 3.43. The largest absolute Gasteiger partial charge is 0.468 e. The zero-order valence-electron chi connectivity index (χ0n) is 11.7. The van der Waals surface area contributed by atoms with Gasteiger partial charge in [0.2, 0.25) is 0 Å². The van der Waals surface area contributed by atoms with Crippen LogP contribution in [0.15, 0.2) is 22.2 Å². The van der Waals surface area contributed by atoms with E-state index in [1.165, 1.54) is 12.7 Å². The number of methoxy groups -OCH3 is 1. The van der Waals surface area contributed by atoms with Crippen molar-refractivity contribution in [2.24, 2.45) is 0 Å². The topological polar surface area (TPSA) is 42.4 Å². The van der Waals surface area contributed by atoms with Crippen molar-refractivity contribution in [3.05, 3.63) is 27.9 Å². The lowest BCUT2D eigenvalue weighted by Gasteiger charge is -2.18. The lowest BCUT2D eigenvalue weighted by molar-refractivity contribution is -0.142. The van der Waals surface area contributed by atoms with Crippen molar-refractivity contribution in [2.75, 3.05) is 20.2 Å². The molecule has 6 heteroatoms. The van der Waals surface area contributed by atoms with Crippen LogP contribution in [0, 0.1) is 0 Å². The molecule has 0 aromatic carbocycles. The van der Waals surface area contributed by atoms with E-state index in [1.807, 2.05) is 0 Å². The van der Waals surface area contributed by atoms with E-state index in [2.05, 4.69) is 39.0 Å². The fraction of sp³-hybridized carbons (Fsp3) is 0.429. The van der Waals surface area contributed by atoms with E-state index in [0.29, 0.717) is 13.1 Å². The monoisotopic (exact) mass is 310 g/mol. The van der Waals surface area contributed by atoms with Gasteiger partial charge >= 0.3 is 5.97 Å². The average molecular weight is 310 g/mol. The second kappa shape index (κ2) is 7.52. The van der Waals surface area contributed by atoms with E-state index in [4.69, 9.17) is 4.74 Å². The Bertz CT molecular complexity index is 537. The van der Waals surface area contributed by atoms with Crippen LogP contribution in [0.25, 0.3) is 10.6 Å². The smallest absolute Gasteiger partial charge is 0.319 e. The molecule has 0 saturated carbocycles. The van der Waals surface area contributed by atoms with Crippen molar-refractivity contribution in [2.45, 2.75) is 19.9 Å². The molecule has 108 valence electrons. The third-order valence-corrected chi connectivity index (χ3v) is 4.45. The number of hydrogen-bond acceptors (Lipinski definition) is 6. The number of thiazole rings is 1. The maximum Gasteiger partial charge on any atom is 0.319 e. The van der Waals surface area contributed by atoms with Crippen molar-refractivity contribution >= 4 is 28.6 Å². The normalized spacial score (nSPS) is 10.9. The minimum atomic E-state index is -0.202. The minimum Gasteiger partial charge on any atom is -0.468 e. The van der Waals surface area contributed by atoms with Gasteiger partial charge in [0.25, 0.3) is 0 Å². The zero-order valence-corrected chi connectivity index (χ0v) is 13.3. The zero-order chi connectivity index (χ0) is 14.4. The lowest BCUT2D eigenvalue weighted by atomic mass is 10.3. The van der Waals surface area contributed by atoms with E-state index in [1.54, 1.807) is 22.7 Å². The van der Waals surface area contributed by atoms with E-state index < -0.39 is 0 Å². The highest BCUT2D eigenvalue weighted by Crippen LogP contribution is 2.26. The van der Waals surface area contributed by atoms with Crippen LogP contribution in [0.1, 0.15) is 19.0 Å². The number of esters is 1. The summed E-state index contributed by atoms with van der Waals surface area (Å²) >= 11 is 3.32. The number of hydrogen-bond donors (Lipinski definition) is 0. The molecule has 0 N–H and O–H groups in total. The lowest BCUT2D eigenvalue weighted by Crippen LogP contribution is -2.31. The number of thiophene rings is 1. The summed E-state index contributed by atoms with van der Waals surface area (Å²) in [5.74, 6) is -0.202. The highest BCUT2D eigenvalue weighted by Gasteiger charge is 2.13. The minimum absolute atomic E-state index is 0.202. The molecule has 4 nitrogen and oxygen atoms in total. The summed E-state index contributed by atoms with van der Waals surface area (Å²) < 4.78 is 4.73. The molecule has 0 atom stereocenters. The van der Waals surface area contributed by atoms with Gasteiger partial charge in [-0.2, -0.15) is 11.3 Å². The summed E-state index contributed by atoms with van der Waals surface area (Å²) in [6.45, 7) is 3.96. The first-order chi connectivity index (χ1) is 9.72. The van der Waals surface area contributed by atoms with Gasteiger partial charge in [0.05, 0.1) is 19.3 Å². The quantitative estimate of drug-likeness (QED) is 0.736. The first kappa shape index (κ1) is 15.2. The summed E-state index contributed by atoms with van der Waals surface area (Å²) in [4.78, 5) is 18.1. The predicted molar refractivity (Wildman–Crippen MR) is 83.0 cm³/mol. The molecule has 20 heavy (non-hydrogen) atoms. The molecule has 2 aromatic heterocycles. The molecular formula is C14H18N2O2S2. The molecule has 0 spiro atoms. The van der Waals surface area contributed by atoms with E-state index >= 15 is 0 Å². The Kier molecular flexibility index (Phi) is 5.70. The van der Waals surface area contributed by atoms with Gasteiger partial charge in [0, 0.05) is 22.9 Å². The molecule has 0 saturated heterocycles. The second-order valence-electron chi connectivity index (χ2n) is 4.44. The van der Waals surface area contributed by atoms with Gasteiger partial charge < -0.3 is 4.74 Å². The van der Waals surface area contributed by atoms with Crippen LogP contribution >= 0.6 is 22.7 Å². The second-order valence-corrected chi connectivity index (χ2v) is 6.08. The van der Waals surface area contributed by atoms with Crippen LogP contribution in [0.4, 0.5) is 0 Å².